The fraction of sp³-hybridized carbons (Fsp3) is 1.00. The molecule has 0 spiro atoms. The zero-order valence-corrected chi connectivity index (χ0v) is 34.4. The van der Waals surface area contributed by atoms with Gasteiger partial charge in [-0.3, -0.25) is 4.90 Å². The molecule has 0 N–H and O–H groups in total. The highest BCUT2D eigenvalue weighted by molar-refractivity contribution is 7.57. The zero-order chi connectivity index (χ0) is 36.0. The van der Waals surface area contributed by atoms with Crippen molar-refractivity contribution in [3.05, 3.63) is 0 Å². The van der Waals surface area contributed by atoms with Crippen LogP contribution in [0, 0.1) is 0 Å². The molecule has 0 aromatic carbocycles. The van der Waals surface area contributed by atoms with Crippen molar-refractivity contribution in [1.29, 1.82) is 0 Å². The molecular formula is C37H77NO10P2. The third-order valence-corrected chi connectivity index (χ3v) is 13.6. The lowest BCUT2D eigenvalue weighted by Gasteiger charge is -2.31. The lowest BCUT2D eigenvalue weighted by atomic mass is 10.3. The Morgan fingerprint density at radius 3 is 1.16 bits per heavy atom. The average molecular weight is 758 g/mol. The second-order valence-electron chi connectivity index (χ2n) is 12.2. The van der Waals surface area contributed by atoms with Crippen molar-refractivity contribution in [2.75, 3.05) is 182 Å². The average Bonchev–Trinajstić information content (AvgIpc) is 3.12. The van der Waals surface area contributed by atoms with Gasteiger partial charge in [0.25, 0.3) is 0 Å². The summed E-state index contributed by atoms with van der Waals surface area (Å²) in [6.45, 7) is 23.9. The fourth-order valence-electron chi connectivity index (χ4n) is 5.48. The first-order valence-corrected chi connectivity index (χ1v) is 23.5. The van der Waals surface area contributed by atoms with E-state index in [1.54, 1.807) is 0 Å². The largest absolute Gasteiger partial charge is 0.382 e. The molecule has 50 heavy (non-hydrogen) atoms. The number of ether oxygens (including phenoxy) is 10. The second-order valence-corrected chi connectivity index (χ2v) is 17.6. The molecule has 1 aliphatic rings. The minimum atomic E-state index is -0.101. The van der Waals surface area contributed by atoms with E-state index in [4.69, 9.17) is 47.4 Å². The van der Waals surface area contributed by atoms with E-state index in [9.17, 15) is 0 Å². The van der Waals surface area contributed by atoms with Crippen LogP contribution < -0.4 is 0 Å². The first-order valence-electron chi connectivity index (χ1n) is 19.7. The molecule has 1 fully saturated rings. The Labute approximate surface area is 309 Å². The Hall–Kier alpha value is 0.420. The van der Waals surface area contributed by atoms with Crippen molar-refractivity contribution in [3.63, 3.8) is 0 Å². The van der Waals surface area contributed by atoms with E-state index in [1.807, 2.05) is 0 Å². The summed E-state index contributed by atoms with van der Waals surface area (Å²) in [6, 6.07) is 0. The van der Waals surface area contributed by atoms with Gasteiger partial charge >= 0.3 is 0 Å². The summed E-state index contributed by atoms with van der Waals surface area (Å²) < 4.78 is 58.1. The van der Waals surface area contributed by atoms with E-state index in [2.05, 4.69) is 32.6 Å². The van der Waals surface area contributed by atoms with Crippen molar-refractivity contribution in [2.24, 2.45) is 0 Å². The highest BCUT2D eigenvalue weighted by Crippen LogP contribution is 2.38. The molecule has 13 heteroatoms. The predicted molar refractivity (Wildman–Crippen MR) is 208 cm³/mol. The quantitative estimate of drug-likeness (QED) is 0.0755. The Morgan fingerprint density at radius 2 is 0.800 bits per heavy atom. The van der Waals surface area contributed by atoms with Crippen molar-refractivity contribution >= 4 is 15.8 Å². The van der Waals surface area contributed by atoms with Crippen LogP contribution in [0.15, 0.2) is 0 Å². The maximum Gasteiger partial charge on any atom is 0.0936 e. The zero-order valence-electron chi connectivity index (χ0n) is 32.6. The van der Waals surface area contributed by atoms with Crippen LogP contribution in [0.1, 0.15) is 53.4 Å². The van der Waals surface area contributed by atoms with E-state index in [-0.39, 0.29) is 21.9 Å². The van der Waals surface area contributed by atoms with Gasteiger partial charge in [-0.05, 0) is 90.3 Å². The standard InChI is InChI=1S/C37H77NO10P2/c1-5-39-15-9-29-49(30-10-16-40-6-2)33-13-38(14-34-50(31-11-17-41-7-3)32-12-18-42-8-4)35-37-36-47-26-25-45-22-21-43-19-20-44-23-24-46-27-28-48-37/h37H,5-36H2,1-4H3. The molecule has 1 rings (SSSR count). The summed E-state index contributed by atoms with van der Waals surface area (Å²) in [6.07, 6.45) is 12.0. The topological polar surface area (TPSA) is 95.5 Å². The summed E-state index contributed by atoms with van der Waals surface area (Å²) in [7, 11) is -0.202. The van der Waals surface area contributed by atoms with E-state index in [0.717, 1.165) is 98.2 Å². The van der Waals surface area contributed by atoms with Gasteiger partial charge in [-0.1, -0.05) is 0 Å². The van der Waals surface area contributed by atoms with E-state index in [0.29, 0.717) is 72.7 Å². The van der Waals surface area contributed by atoms with Crippen LogP contribution in [0.2, 0.25) is 0 Å². The maximum atomic E-state index is 6.45. The van der Waals surface area contributed by atoms with Crippen LogP contribution in [0.4, 0.5) is 0 Å². The molecule has 300 valence electrons. The van der Waals surface area contributed by atoms with E-state index < -0.39 is 0 Å². The molecule has 0 aromatic heterocycles. The van der Waals surface area contributed by atoms with Gasteiger partial charge in [0.15, 0.2) is 0 Å². The molecule has 0 aromatic rings. The SMILES string of the molecule is CCOCCCP(CCCOCC)CCN(CCP(CCCOCC)CCCOCC)CC1COCCOCCOCCOCCOCCO1. The van der Waals surface area contributed by atoms with Gasteiger partial charge in [0.2, 0.25) is 0 Å². The Bertz CT molecular complexity index is 602. The predicted octanol–water partition coefficient (Wildman–Crippen LogP) is 5.44. The van der Waals surface area contributed by atoms with Crippen molar-refractivity contribution in [3.8, 4) is 0 Å². The van der Waals surface area contributed by atoms with Crippen LogP contribution in [-0.4, -0.2) is 193 Å². The minimum absolute atomic E-state index is 0.0404. The van der Waals surface area contributed by atoms with Crippen molar-refractivity contribution < 1.29 is 47.4 Å². The molecule has 0 bridgehead atoms. The van der Waals surface area contributed by atoms with E-state index >= 15 is 0 Å². The molecule has 1 aliphatic heterocycles. The lowest BCUT2D eigenvalue weighted by molar-refractivity contribution is -0.0675. The van der Waals surface area contributed by atoms with Crippen molar-refractivity contribution in [2.45, 2.75) is 59.5 Å². The first-order chi connectivity index (χ1) is 24.7. The van der Waals surface area contributed by atoms with Gasteiger partial charge in [0.1, 0.15) is 0 Å². The minimum Gasteiger partial charge on any atom is -0.382 e. The monoisotopic (exact) mass is 758 g/mol. The summed E-state index contributed by atoms with van der Waals surface area (Å²) >= 11 is 0. The van der Waals surface area contributed by atoms with Crippen molar-refractivity contribution in [1.82, 2.24) is 4.90 Å². The molecule has 0 radical (unpaired) electrons. The molecule has 11 nitrogen and oxygen atoms in total. The van der Waals surface area contributed by atoms with Gasteiger partial charge in [-0.25, -0.2) is 0 Å². The first kappa shape index (κ1) is 48.4. The van der Waals surface area contributed by atoms with E-state index in [1.165, 1.54) is 37.0 Å². The van der Waals surface area contributed by atoms with Crippen LogP contribution in [-0.2, 0) is 47.4 Å². The molecule has 1 heterocycles. The summed E-state index contributed by atoms with van der Waals surface area (Å²) in [5, 5.41) is 0. The highest BCUT2D eigenvalue weighted by Gasteiger charge is 2.19. The van der Waals surface area contributed by atoms with Gasteiger partial charge in [0, 0.05) is 72.5 Å². The lowest BCUT2D eigenvalue weighted by Crippen LogP contribution is -2.40. The van der Waals surface area contributed by atoms with Crippen LogP contribution in [0.3, 0.4) is 0 Å². The van der Waals surface area contributed by atoms with Crippen LogP contribution >= 0.6 is 15.8 Å². The summed E-state index contributed by atoms with van der Waals surface area (Å²) in [4.78, 5) is 2.67. The molecule has 0 saturated carbocycles. The Balaban J connectivity index is 2.96. The van der Waals surface area contributed by atoms with Crippen LogP contribution in [0.5, 0.6) is 0 Å². The molecule has 1 saturated heterocycles. The van der Waals surface area contributed by atoms with Gasteiger partial charge in [-0.15, -0.1) is 15.8 Å². The molecule has 0 aliphatic carbocycles. The number of hydrogen-bond donors (Lipinski definition) is 0. The summed E-state index contributed by atoms with van der Waals surface area (Å²) in [5.74, 6) is 0. The second kappa shape index (κ2) is 39.1. The molecule has 1 atom stereocenters. The summed E-state index contributed by atoms with van der Waals surface area (Å²) in [5.41, 5.74) is 0. The molecule has 1 unspecified atom stereocenters. The Morgan fingerprint density at radius 1 is 0.460 bits per heavy atom. The fourth-order valence-corrected chi connectivity index (χ4v) is 10.3. The number of hydrogen-bond acceptors (Lipinski definition) is 11. The number of nitrogens with zero attached hydrogens (tertiary/aromatic N) is 1. The van der Waals surface area contributed by atoms with Gasteiger partial charge in [0.05, 0.1) is 78.8 Å². The maximum absolute atomic E-state index is 6.45. The van der Waals surface area contributed by atoms with Crippen LogP contribution in [0.25, 0.3) is 0 Å². The molecular weight excluding hydrogens is 680 g/mol. The molecule has 0 amide bonds. The third kappa shape index (κ3) is 31.9. The normalized spacial score (nSPS) is 18.2. The van der Waals surface area contributed by atoms with Gasteiger partial charge < -0.3 is 47.4 Å². The highest BCUT2D eigenvalue weighted by atomic mass is 31.1. The Kier molecular flexibility index (Phi) is 37.9. The van der Waals surface area contributed by atoms with Gasteiger partial charge in [-0.2, -0.15) is 0 Å². The smallest absolute Gasteiger partial charge is 0.0936 e. The number of rotatable bonds is 28. The third-order valence-electron chi connectivity index (χ3n) is 8.17.